The Balaban J connectivity index is 2.06. The Bertz CT molecular complexity index is 196. The molecular formula is C14H31N3. The third-order valence-corrected chi connectivity index (χ3v) is 3.90. The van der Waals surface area contributed by atoms with Crippen molar-refractivity contribution < 1.29 is 0 Å². The third kappa shape index (κ3) is 5.84. The Morgan fingerprint density at radius 2 is 2.24 bits per heavy atom. The normalized spacial score (nSPS) is 23.5. The molecule has 17 heavy (non-hydrogen) atoms. The lowest BCUT2D eigenvalue weighted by atomic mass is 10.2. The average molecular weight is 241 g/mol. The van der Waals surface area contributed by atoms with E-state index in [0.29, 0.717) is 6.04 Å². The summed E-state index contributed by atoms with van der Waals surface area (Å²) in [7, 11) is 4.51. The second-order valence-electron chi connectivity index (χ2n) is 5.68. The first-order valence-electron chi connectivity index (χ1n) is 7.25. The number of likely N-dealkylation sites (N-methyl/N-ethyl adjacent to an activating group) is 2. The number of hydrogen-bond donors (Lipinski definition) is 1. The van der Waals surface area contributed by atoms with Crippen LogP contribution in [0.5, 0.6) is 0 Å². The second-order valence-corrected chi connectivity index (χ2v) is 5.68. The summed E-state index contributed by atoms with van der Waals surface area (Å²) in [6, 6.07) is 1.45. The van der Waals surface area contributed by atoms with Crippen LogP contribution in [0.25, 0.3) is 0 Å². The highest BCUT2D eigenvalue weighted by molar-refractivity contribution is 4.78. The fourth-order valence-corrected chi connectivity index (χ4v) is 2.70. The van der Waals surface area contributed by atoms with E-state index in [9.17, 15) is 0 Å². The zero-order valence-electron chi connectivity index (χ0n) is 12.2. The Hall–Kier alpha value is -0.120. The van der Waals surface area contributed by atoms with E-state index in [1.54, 1.807) is 0 Å². The molecule has 102 valence electrons. The average Bonchev–Trinajstić information content (AvgIpc) is 2.65. The highest BCUT2D eigenvalue weighted by Crippen LogP contribution is 2.15. The minimum absolute atomic E-state index is 0.669. The summed E-state index contributed by atoms with van der Waals surface area (Å²) in [6.07, 6.45) is 5.31. The number of likely N-dealkylation sites (tertiary alicyclic amines) is 1. The smallest absolute Gasteiger partial charge is 0.0220 e. The van der Waals surface area contributed by atoms with E-state index in [2.05, 4.69) is 43.1 Å². The first-order chi connectivity index (χ1) is 8.13. The molecule has 1 saturated heterocycles. The van der Waals surface area contributed by atoms with Crippen LogP contribution in [0.15, 0.2) is 0 Å². The summed E-state index contributed by atoms with van der Waals surface area (Å²) in [5, 5.41) is 3.60. The van der Waals surface area contributed by atoms with Crippen LogP contribution in [0.3, 0.4) is 0 Å². The van der Waals surface area contributed by atoms with Gasteiger partial charge in [0.15, 0.2) is 0 Å². The lowest BCUT2D eigenvalue weighted by Gasteiger charge is -2.26. The Morgan fingerprint density at radius 1 is 1.47 bits per heavy atom. The van der Waals surface area contributed by atoms with Crippen LogP contribution >= 0.6 is 0 Å². The van der Waals surface area contributed by atoms with Gasteiger partial charge in [0.2, 0.25) is 0 Å². The molecule has 0 aromatic carbocycles. The van der Waals surface area contributed by atoms with E-state index in [1.165, 1.54) is 45.3 Å². The van der Waals surface area contributed by atoms with Crippen molar-refractivity contribution in [3.05, 3.63) is 0 Å². The molecule has 2 atom stereocenters. The standard InChI is InChI=1S/C14H31N3/c1-5-7-13(2)15-9-11-16(3)12-14-8-6-10-17(14)4/h13-15H,5-12H2,1-4H3. The van der Waals surface area contributed by atoms with Crippen LogP contribution in [0.1, 0.15) is 39.5 Å². The molecule has 0 radical (unpaired) electrons. The second kappa shape index (κ2) is 8.06. The maximum atomic E-state index is 3.60. The molecule has 0 aliphatic carbocycles. The van der Waals surface area contributed by atoms with E-state index in [1.807, 2.05) is 0 Å². The lowest BCUT2D eigenvalue weighted by Crippen LogP contribution is -2.40. The first-order valence-corrected chi connectivity index (χ1v) is 7.25. The van der Waals surface area contributed by atoms with Crippen LogP contribution in [0, 0.1) is 0 Å². The van der Waals surface area contributed by atoms with Gasteiger partial charge in [0.25, 0.3) is 0 Å². The monoisotopic (exact) mass is 241 g/mol. The number of hydrogen-bond acceptors (Lipinski definition) is 3. The molecule has 3 heteroatoms. The van der Waals surface area contributed by atoms with Crippen molar-refractivity contribution in [1.29, 1.82) is 0 Å². The summed E-state index contributed by atoms with van der Waals surface area (Å²) in [5.74, 6) is 0. The van der Waals surface area contributed by atoms with Crippen LogP contribution in [0.4, 0.5) is 0 Å². The van der Waals surface area contributed by atoms with Crippen LogP contribution < -0.4 is 5.32 Å². The molecule has 0 spiro atoms. The fourth-order valence-electron chi connectivity index (χ4n) is 2.70. The quantitative estimate of drug-likeness (QED) is 0.699. The topological polar surface area (TPSA) is 18.5 Å². The molecule has 1 aliphatic heterocycles. The van der Waals surface area contributed by atoms with Crippen molar-refractivity contribution in [2.45, 2.75) is 51.6 Å². The van der Waals surface area contributed by atoms with Gasteiger partial charge in [0.1, 0.15) is 0 Å². The number of nitrogens with zero attached hydrogens (tertiary/aromatic N) is 2. The van der Waals surface area contributed by atoms with Gasteiger partial charge >= 0.3 is 0 Å². The van der Waals surface area contributed by atoms with Gasteiger partial charge in [0.05, 0.1) is 0 Å². The molecule has 0 saturated carbocycles. The van der Waals surface area contributed by atoms with Crippen molar-refractivity contribution in [3.8, 4) is 0 Å². The molecule has 1 N–H and O–H groups in total. The highest BCUT2D eigenvalue weighted by atomic mass is 15.2. The van der Waals surface area contributed by atoms with Crippen molar-refractivity contribution in [2.24, 2.45) is 0 Å². The molecular weight excluding hydrogens is 210 g/mol. The molecule has 1 aliphatic rings. The Morgan fingerprint density at radius 3 is 2.82 bits per heavy atom. The molecule has 3 nitrogen and oxygen atoms in total. The third-order valence-electron chi connectivity index (χ3n) is 3.90. The zero-order valence-corrected chi connectivity index (χ0v) is 12.2. The van der Waals surface area contributed by atoms with Gasteiger partial charge in [-0.05, 0) is 46.8 Å². The summed E-state index contributed by atoms with van der Waals surface area (Å²) in [6.45, 7) is 9.33. The summed E-state index contributed by atoms with van der Waals surface area (Å²) < 4.78 is 0. The van der Waals surface area contributed by atoms with E-state index in [4.69, 9.17) is 0 Å². The van der Waals surface area contributed by atoms with Gasteiger partial charge in [-0.1, -0.05) is 13.3 Å². The maximum absolute atomic E-state index is 3.60. The van der Waals surface area contributed by atoms with Gasteiger partial charge < -0.3 is 15.1 Å². The largest absolute Gasteiger partial charge is 0.313 e. The summed E-state index contributed by atoms with van der Waals surface area (Å²) in [4.78, 5) is 4.97. The van der Waals surface area contributed by atoms with E-state index >= 15 is 0 Å². The van der Waals surface area contributed by atoms with Crippen molar-refractivity contribution in [3.63, 3.8) is 0 Å². The summed E-state index contributed by atoms with van der Waals surface area (Å²) >= 11 is 0. The SMILES string of the molecule is CCCC(C)NCCN(C)CC1CCCN1C. The molecule has 1 rings (SSSR count). The fraction of sp³-hybridized carbons (Fsp3) is 1.00. The predicted molar refractivity (Wildman–Crippen MR) is 75.5 cm³/mol. The molecule has 1 fully saturated rings. The Labute approximate surface area is 108 Å². The minimum Gasteiger partial charge on any atom is -0.313 e. The molecule has 0 amide bonds. The van der Waals surface area contributed by atoms with Crippen molar-refractivity contribution in [2.75, 3.05) is 40.3 Å². The van der Waals surface area contributed by atoms with E-state index in [-0.39, 0.29) is 0 Å². The number of rotatable bonds is 8. The maximum Gasteiger partial charge on any atom is 0.0220 e. The molecule has 0 aromatic rings. The summed E-state index contributed by atoms with van der Waals surface area (Å²) in [5.41, 5.74) is 0. The first kappa shape index (κ1) is 14.9. The molecule has 0 aromatic heterocycles. The van der Waals surface area contributed by atoms with Crippen molar-refractivity contribution in [1.82, 2.24) is 15.1 Å². The Kier molecular flexibility index (Phi) is 7.09. The van der Waals surface area contributed by atoms with Gasteiger partial charge in [-0.2, -0.15) is 0 Å². The lowest BCUT2D eigenvalue weighted by molar-refractivity contribution is 0.219. The van der Waals surface area contributed by atoms with Gasteiger partial charge in [0, 0.05) is 31.7 Å². The van der Waals surface area contributed by atoms with Gasteiger partial charge in [-0.3, -0.25) is 0 Å². The van der Waals surface area contributed by atoms with Crippen LogP contribution in [-0.4, -0.2) is 62.2 Å². The predicted octanol–water partition coefficient (Wildman–Crippen LogP) is 1.79. The molecule has 0 bridgehead atoms. The van der Waals surface area contributed by atoms with Crippen LogP contribution in [0.2, 0.25) is 0 Å². The van der Waals surface area contributed by atoms with Crippen LogP contribution in [-0.2, 0) is 0 Å². The zero-order chi connectivity index (χ0) is 12.7. The molecule has 1 heterocycles. The molecule has 2 unspecified atom stereocenters. The van der Waals surface area contributed by atoms with Gasteiger partial charge in [-0.25, -0.2) is 0 Å². The van der Waals surface area contributed by atoms with E-state index in [0.717, 1.165) is 12.6 Å². The van der Waals surface area contributed by atoms with E-state index < -0.39 is 0 Å². The minimum atomic E-state index is 0.669. The van der Waals surface area contributed by atoms with Crippen molar-refractivity contribution >= 4 is 0 Å². The highest BCUT2D eigenvalue weighted by Gasteiger charge is 2.21. The number of nitrogens with one attached hydrogen (secondary N) is 1. The van der Waals surface area contributed by atoms with Gasteiger partial charge in [-0.15, -0.1) is 0 Å².